The van der Waals surface area contributed by atoms with E-state index in [0.717, 1.165) is 68.8 Å². The summed E-state index contributed by atoms with van der Waals surface area (Å²) in [5, 5.41) is 1.46. The number of hydrogen-bond acceptors (Lipinski definition) is 8. The molecule has 2 aromatic heterocycles. The third-order valence-electron chi connectivity index (χ3n) is 7.65. The first kappa shape index (κ1) is 30.5. The van der Waals surface area contributed by atoms with Gasteiger partial charge in [-0.1, -0.05) is 23.7 Å². The number of ether oxygens (including phenoxy) is 1. The summed E-state index contributed by atoms with van der Waals surface area (Å²) in [7, 11) is 0. The molecule has 7 nitrogen and oxygen atoms in total. The van der Waals surface area contributed by atoms with Crippen molar-refractivity contribution in [2.24, 2.45) is 0 Å². The third kappa shape index (κ3) is 6.37. The molecule has 0 unspecified atom stereocenters. The maximum absolute atomic E-state index is 13.1. The number of fused-ring (bicyclic) bond motifs is 1. The summed E-state index contributed by atoms with van der Waals surface area (Å²) in [5.74, 6) is 0.687. The van der Waals surface area contributed by atoms with Gasteiger partial charge in [0, 0.05) is 54.1 Å². The molecule has 222 valence electrons. The predicted molar refractivity (Wildman–Crippen MR) is 174 cm³/mol. The summed E-state index contributed by atoms with van der Waals surface area (Å²) in [6.07, 6.45) is 1.10. The number of anilines is 1. The van der Waals surface area contributed by atoms with Gasteiger partial charge in [-0.05, 0) is 90.8 Å². The summed E-state index contributed by atoms with van der Waals surface area (Å²) in [4.78, 5) is 32.5. The summed E-state index contributed by atoms with van der Waals surface area (Å²) >= 11 is 7.85. The van der Waals surface area contributed by atoms with Gasteiger partial charge < -0.3 is 9.64 Å². The number of halogens is 1. The molecule has 1 fully saturated rings. The Morgan fingerprint density at radius 1 is 1.12 bits per heavy atom. The zero-order valence-corrected chi connectivity index (χ0v) is 27.3. The number of rotatable bonds is 7. The SMILES string of the molecule is CC(=O)[C@@H](OC(C)(C)C)c1c(C)cc2nc(-c3ccnc(N4CCN(C(C)C)[C@@H](C)C4)n3)sc2c1-c1ccc(Cl)cc1. The van der Waals surface area contributed by atoms with E-state index in [-0.39, 0.29) is 5.78 Å². The van der Waals surface area contributed by atoms with E-state index in [9.17, 15) is 4.79 Å². The Labute approximate surface area is 257 Å². The van der Waals surface area contributed by atoms with E-state index in [0.29, 0.717) is 17.1 Å². The molecule has 42 heavy (non-hydrogen) atoms. The Hall–Kier alpha value is -2.91. The lowest BCUT2D eigenvalue weighted by molar-refractivity contribution is -0.138. The first-order valence-electron chi connectivity index (χ1n) is 14.5. The van der Waals surface area contributed by atoms with Crippen molar-refractivity contribution in [2.45, 2.75) is 79.2 Å². The largest absolute Gasteiger partial charge is 0.360 e. The fraction of sp³-hybridized carbons (Fsp3) is 0.455. The number of Topliss-reactive ketones (excluding diaryl/α,β-unsaturated/α-hetero) is 1. The van der Waals surface area contributed by atoms with Crippen LogP contribution in [-0.4, -0.2) is 63.0 Å². The molecule has 0 N–H and O–H groups in total. The summed E-state index contributed by atoms with van der Waals surface area (Å²) in [6, 6.07) is 12.6. The van der Waals surface area contributed by atoms with Crippen molar-refractivity contribution in [1.29, 1.82) is 0 Å². The summed E-state index contributed by atoms with van der Waals surface area (Å²) < 4.78 is 7.37. The van der Waals surface area contributed by atoms with E-state index in [4.69, 9.17) is 26.3 Å². The fourth-order valence-electron chi connectivity index (χ4n) is 5.80. The van der Waals surface area contributed by atoms with E-state index in [1.165, 1.54) is 0 Å². The zero-order chi connectivity index (χ0) is 30.3. The van der Waals surface area contributed by atoms with Gasteiger partial charge in [0.1, 0.15) is 16.8 Å². The van der Waals surface area contributed by atoms with Crippen molar-refractivity contribution < 1.29 is 9.53 Å². The number of carbonyl (C=O) groups excluding carboxylic acids is 1. The first-order valence-corrected chi connectivity index (χ1v) is 15.7. The second-order valence-electron chi connectivity index (χ2n) is 12.4. The second kappa shape index (κ2) is 12.0. The van der Waals surface area contributed by atoms with Crippen LogP contribution in [0.5, 0.6) is 0 Å². The van der Waals surface area contributed by atoms with Crippen LogP contribution in [0.1, 0.15) is 65.7 Å². The molecule has 0 aliphatic carbocycles. The highest BCUT2D eigenvalue weighted by molar-refractivity contribution is 7.22. The van der Waals surface area contributed by atoms with Crippen LogP contribution in [0.4, 0.5) is 5.95 Å². The highest BCUT2D eigenvalue weighted by Gasteiger charge is 2.31. The van der Waals surface area contributed by atoms with Gasteiger partial charge in [0.15, 0.2) is 5.78 Å². The van der Waals surface area contributed by atoms with Crippen molar-refractivity contribution in [3.05, 3.63) is 58.7 Å². The first-order chi connectivity index (χ1) is 19.8. The van der Waals surface area contributed by atoms with E-state index < -0.39 is 11.7 Å². The van der Waals surface area contributed by atoms with E-state index in [2.05, 4.69) is 41.6 Å². The Morgan fingerprint density at radius 2 is 1.83 bits per heavy atom. The molecule has 5 rings (SSSR count). The molecule has 3 heterocycles. The number of aryl methyl sites for hydroxylation is 1. The molecule has 0 amide bonds. The average molecular weight is 606 g/mol. The summed E-state index contributed by atoms with van der Waals surface area (Å²) in [6.45, 7) is 19.0. The number of thiazole rings is 1. The third-order valence-corrected chi connectivity index (χ3v) is 9.01. The molecule has 0 radical (unpaired) electrons. The van der Waals surface area contributed by atoms with Crippen molar-refractivity contribution in [2.75, 3.05) is 24.5 Å². The van der Waals surface area contributed by atoms with Crippen LogP contribution in [0.2, 0.25) is 5.02 Å². The Bertz CT molecular complexity index is 1590. The lowest BCUT2D eigenvalue weighted by Gasteiger charge is -2.42. The van der Waals surface area contributed by atoms with Crippen molar-refractivity contribution in [1.82, 2.24) is 19.9 Å². The molecule has 9 heteroatoms. The van der Waals surface area contributed by atoms with Crippen molar-refractivity contribution >= 4 is 44.9 Å². The lowest BCUT2D eigenvalue weighted by atomic mass is 9.90. The number of nitrogens with zero attached hydrogens (tertiary/aromatic N) is 5. The molecule has 1 saturated heterocycles. The minimum absolute atomic E-state index is 0.0421. The Morgan fingerprint density at radius 3 is 2.45 bits per heavy atom. The van der Waals surface area contributed by atoms with Gasteiger partial charge in [0.25, 0.3) is 0 Å². The monoisotopic (exact) mass is 605 g/mol. The van der Waals surface area contributed by atoms with Gasteiger partial charge in [-0.3, -0.25) is 9.69 Å². The van der Waals surface area contributed by atoms with Gasteiger partial charge >= 0.3 is 0 Å². The number of piperazine rings is 1. The number of hydrogen-bond donors (Lipinski definition) is 0. The van der Waals surface area contributed by atoms with Crippen LogP contribution in [0.3, 0.4) is 0 Å². The van der Waals surface area contributed by atoms with Crippen LogP contribution in [-0.2, 0) is 9.53 Å². The van der Waals surface area contributed by atoms with Crippen LogP contribution >= 0.6 is 22.9 Å². The Balaban J connectivity index is 1.62. The molecule has 0 saturated carbocycles. The molecule has 0 bridgehead atoms. The average Bonchev–Trinajstić information content (AvgIpc) is 3.34. The van der Waals surface area contributed by atoms with Gasteiger partial charge in [-0.2, -0.15) is 0 Å². The minimum Gasteiger partial charge on any atom is -0.360 e. The van der Waals surface area contributed by atoms with Crippen LogP contribution in [0, 0.1) is 6.92 Å². The van der Waals surface area contributed by atoms with E-state index >= 15 is 0 Å². The predicted octanol–water partition coefficient (Wildman–Crippen LogP) is 7.75. The van der Waals surface area contributed by atoms with Crippen LogP contribution in [0.15, 0.2) is 42.6 Å². The molecule has 4 aromatic rings. The fourth-order valence-corrected chi connectivity index (χ4v) is 7.02. The maximum atomic E-state index is 13.1. The van der Waals surface area contributed by atoms with Crippen molar-refractivity contribution in [3.63, 3.8) is 0 Å². The van der Waals surface area contributed by atoms with E-state index in [1.54, 1.807) is 18.3 Å². The number of benzene rings is 2. The van der Waals surface area contributed by atoms with Gasteiger partial charge in [0.05, 0.1) is 15.8 Å². The van der Waals surface area contributed by atoms with Gasteiger partial charge in [-0.15, -0.1) is 11.3 Å². The minimum atomic E-state index is -0.720. The molecule has 1 aliphatic heterocycles. The van der Waals surface area contributed by atoms with Crippen LogP contribution in [0.25, 0.3) is 32.0 Å². The molecule has 1 aliphatic rings. The van der Waals surface area contributed by atoms with E-state index in [1.807, 2.05) is 64.2 Å². The summed E-state index contributed by atoms with van der Waals surface area (Å²) in [5.41, 5.74) is 4.86. The zero-order valence-electron chi connectivity index (χ0n) is 25.7. The standard InChI is InChI=1S/C33H40ClN5O2S/c1-19(2)39-16-15-38(18-21(39)4)32-35-14-13-25(37-32)31-36-26-17-20(3)27(29(22(5)40)41-33(6,7)8)28(30(26)42-31)23-9-11-24(34)12-10-23/h9-14,17,19,21,29H,15-16,18H2,1-8H3/t21-,29+/m0/s1. The van der Waals surface area contributed by atoms with Crippen molar-refractivity contribution in [3.8, 4) is 21.8 Å². The molecular weight excluding hydrogens is 566 g/mol. The number of ketones is 1. The normalized spacial score (nSPS) is 17.3. The lowest BCUT2D eigenvalue weighted by Crippen LogP contribution is -2.54. The molecule has 2 aromatic carbocycles. The second-order valence-corrected chi connectivity index (χ2v) is 13.9. The highest BCUT2D eigenvalue weighted by Crippen LogP contribution is 2.44. The topological polar surface area (TPSA) is 71.5 Å². The molecule has 2 atom stereocenters. The van der Waals surface area contributed by atoms with Crippen LogP contribution < -0.4 is 4.90 Å². The quantitative estimate of drug-likeness (QED) is 0.213. The highest BCUT2D eigenvalue weighted by atomic mass is 35.5. The van der Waals surface area contributed by atoms with Gasteiger partial charge in [-0.25, -0.2) is 15.0 Å². The maximum Gasteiger partial charge on any atom is 0.226 e. The molecule has 0 spiro atoms. The number of carbonyl (C=O) groups is 1. The smallest absolute Gasteiger partial charge is 0.226 e. The Kier molecular flexibility index (Phi) is 8.72. The molecular formula is C33H40ClN5O2S. The van der Waals surface area contributed by atoms with Gasteiger partial charge in [0.2, 0.25) is 5.95 Å². The number of aromatic nitrogens is 3.